The van der Waals surface area contributed by atoms with E-state index in [1.807, 2.05) is 71.9 Å². The number of carbonyl (C=O) groups is 4. The van der Waals surface area contributed by atoms with Gasteiger partial charge in [-0.05, 0) is 52.5 Å². The molecule has 6 nitrogen and oxygen atoms in total. The summed E-state index contributed by atoms with van der Waals surface area (Å²) in [5.41, 5.74) is -1.90. The molecule has 0 bridgehead atoms. The van der Waals surface area contributed by atoms with Crippen LogP contribution < -0.4 is 10.6 Å². The summed E-state index contributed by atoms with van der Waals surface area (Å²) >= 11 is 0. The van der Waals surface area contributed by atoms with Crippen LogP contribution >= 0.6 is 0 Å². The quantitative estimate of drug-likeness (QED) is 0.463. The standard InChI is InChI=1S/C28H44N2O4/c1-19(31)22(16-21-14-12-11-13-15-21)29-23(33)26(5,6)17-27(7,8)24(34)30-28(9,10)18-25(3,4)20(2)32/h11-15,22H,16-18H2,1-10H3,(H,29,33)(H,30,34). The Morgan fingerprint density at radius 1 is 0.735 bits per heavy atom. The molecule has 0 aliphatic carbocycles. The van der Waals surface area contributed by atoms with E-state index < -0.39 is 27.8 Å². The summed E-state index contributed by atoms with van der Waals surface area (Å²) in [5, 5.41) is 5.98. The number of Topliss-reactive ketones (excluding diaryl/α,β-unsaturated/α-hetero) is 2. The Morgan fingerprint density at radius 3 is 1.71 bits per heavy atom. The average Bonchev–Trinajstić information content (AvgIpc) is 2.65. The van der Waals surface area contributed by atoms with E-state index in [4.69, 9.17) is 0 Å². The topological polar surface area (TPSA) is 92.3 Å². The Hall–Kier alpha value is -2.50. The van der Waals surface area contributed by atoms with Gasteiger partial charge in [-0.25, -0.2) is 0 Å². The molecule has 6 heteroatoms. The lowest BCUT2D eigenvalue weighted by Crippen LogP contribution is -2.53. The Bertz CT molecular complexity index is 898. The highest BCUT2D eigenvalue weighted by atomic mass is 16.2. The molecule has 0 spiro atoms. The lowest BCUT2D eigenvalue weighted by Gasteiger charge is -2.39. The first kappa shape index (κ1) is 29.5. The number of nitrogens with one attached hydrogen (secondary N) is 2. The molecule has 1 atom stereocenters. The molecule has 1 aromatic rings. The molecule has 1 aromatic carbocycles. The van der Waals surface area contributed by atoms with Gasteiger partial charge in [-0.2, -0.15) is 0 Å². The zero-order valence-electron chi connectivity index (χ0n) is 22.7. The van der Waals surface area contributed by atoms with Gasteiger partial charge in [0.15, 0.2) is 5.78 Å². The van der Waals surface area contributed by atoms with E-state index in [1.165, 1.54) is 6.92 Å². The van der Waals surface area contributed by atoms with Crippen LogP contribution in [0.4, 0.5) is 0 Å². The van der Waals surface area contributed by atoms with Crippen molar-refractivity contribution in [3.63, 3.8) is 0 Å². The third-order valence-electron chi connectivity index (χ3n) is 6.48. The average molecular weight is 473 g/mol. The van der Waals surface area contributed by atoms with Crippen LogP contribution in [0, 0.1) is 16.2 Å². The van der Waals surface area contributed by atoms with E-state index in [0.29, 0.717) is 19.3 Å². The van der Waals surface area contributed by atoms with Gasteiger partial charge in [0.05, 0.1) is 6.04 Å². The van der Waals surface area contributed by atoms with Crippen LogP contribution in [0.3, 0.4) is 0 Å². The fourth-order valence-electron chi connectivity index (χ4n) is 4.52. The molecule has 0 radical (unpaired) electrons. The molecule has 0 aromatic heterocycles. The molecule has 34 heavy (non-hydrogen) atoms. The van der Waals surface area contributed by atoms with Crippen LogP contribution in [0.5, 0.6) is 0 Å². The van der Waals surface area contributed by atoms with Crippen LogP contribution in [0.1, 0.15) is 87.6 Å². The first-order chi connectivity index (χ1) is 15.3. The molecule has 1 rings (SSSR count). The summed E-state index contributed by atoms with van der Waals surface area (Å²) in [5.74, 6) is -0.478. The summed E-state index contributed by atoms with van der Waals surface area (Å²) < 4.78 is 0. The van der Waals surface area contributed by atoms with Crippen LogP contribution in [0.15, 0.2) is 30.3 Å². The molecular formula is C28H44N2O4. The van der Waals surface area contributed by atoms with Crippen LogP contribution in [0.25, 0.3) is 0 Å². The van der Waals surface area contributed by atoms with Gasteiger partial charge in [-0.3, -0.25) is 19.2 Å². The molecule has 0 saturated carbocycles. The highest BCUT2D eigenvalue weighted by Crippen LogP contribution is 2.36. The number of carbonyl (C=O) groups excluding carboxylic acids is 4. The van der Waals surface area contributed by atoms with E-state index in [0.717, 1.165) is 5.56 Å². The predicted octanol–water partition coefficient (Wildman–Crippen LogP) is 4.65. The largest absolute Gasteiger partial charge is 0.351 e. The molecule has 2 amide bonds. The fraction of sp³-hybridized carbons (Fsp3) is 0.643. The lowest BCUT2D eigenvalue weighted by atomic mass is 9.72. The Kier molecular flexibility index (Phi) is 9.41. The fourth-order valence-corrected chi connectivity index (χ4v) is 4.52. The van der Waals surface area contributed by atoms with Crippen molar-refractivity contribution in [2.45, 2.75) is 100 Å². The molecule has 1 unspecified atom stereocenters. The van der Waals surface area contributed by atoms with E-state index in [2.05, 4.69) is 10.6 Å². The lowest BCUT2D eigenvalue weighted by molar-refractivity contribution is -0.139. The van der Waals surface area contributed by atoms with Crippen molar-refractivity contribution in [1.82, 2.24) is 10.6 Å². The maximum absolute atomic E-state index is 13.2. The summed E-state index contributed by atoms with van der Waals surface area (Å²) in [6.45, 7) is 17.8. The number of hydrogen-bond acceptors (Lipinski definition) is 4. The Balaban J connectivity index is 2.90. The van der Waals surface area contributed by atoms with Gasteiger partial charge >= 0.3 is 0 Å². The molecule has 0 aliphatic heterocycles. The van der Waals surface area contributed by atoms with Crippen molar-refractivity contribution in [2.24, 2.45) is 16.2 Å². The van der Waals surface area contributed by atoms with Gasteiger partial charge in [0, 0.05) is 21.8 Å². The summed E-state index contributed by atoms with van der Waals surface area (Å²) in [7, 11) is 0. The Morgan fingerprint density at radius 2 is 1.24 bits per heavy atom. The zero-order valence-corrected chi connectivity index (χ0v) is 22.7. The molecule has 2 N–H and O–H groups in total. The van der Waals surface area contributed by atoms with Gasteiger partial charge in [0.25, 0.3) is 0 Å². The SMILES string of the molecule is CC(=O)C(Cc1ccccc1)NC(=O)C(C)(C)CC(C)(C)C(=O)NC(C)(C)CC(C)(C)C(C)=O. The number of ketones is 2. The van der Waals surface area contributed by atoms with E-state index >= 15 is 0 Å². The van der Waals surface area contributed by atoms with E-state index in [1.54, 1.807) is 20.8 Å². The minimum atomic E-state index is -0.881. The third kappa shape index (κ3) is 8.69. The molecule has 0 aliphatic rings. The van der Waals surface area contributed by atoms with E-state index in [9.17, 15) is 19.2 Å². The van der Waals surface area contributed by atoms with Gasteiger partial charge in [0.1, 0.15) is 5.78 Å². The zero-order chi connectivity index (χ0) is 26.5. The first-order valence-electron chi connectivity index (χ1n) is 12.0. The highest BCUT2D eigenvalue weighted by Gasteiger charge is 2.42. The highest BCUT2D eigenvalue weighted by molar-refractivity contribution is 5.91. The molecule has 190 valence electrons. The van der Waals surface area contributed by atoms with Crippen LogP contribution in [0.2, 0.25) is 0 Å². The summed E-state index contributed by atoms with van der Waals surface area (Å²) in [6, 6.07) is 8.94. The van der Waals surface area contributed by atoms with Gasteiger partial charge in [0.2, 0.25) is 11.8 Å². The van der Waals surface area contributed by atoms with Crippen molar-refractivity contribution in [3.05, 3.63) is 35.9 Å². The predicted molar refractivity (Wildman–Crippen MR) is 136 cm³/mol. The first-order valence-corrected chi connectivity index (χ1v) is 12.0. The van der Waals surface area contributed by atoms with Crippen molar-refractivity contribution in [3.8, 4) is 0 Å². The van der Waals surface area contributed by atoms with Crippen molar-refractivity contribution < 1.29 is 19.2 Å². The third-order valence-corrected chi connectivity index (χ3v) is 6.48. The maximum atomic E-state index is 13.2. The second-order valence-electron chi connectivity index (χ2n) is 12.2. The van der Waals surface area contributed by atoms with Gasteiger partial charge in [-0.1, -0.05) is 71.9 Å². The van der Waals surface area contributed by atoms with Gasteiger partial charge < -0.3 is 10.6 Å². The maximum Gasteiger partial charge on any atom is 0.226 e. The number of hydrogen-bond donors (Lipinski definition) is 2. The normalized spacial score (nSPS) is 13.7. The molecule has 0 heterocycles. The van der Waals surface area contributed by atoms with Crippen LogP contribution in [-0.2, 0) is 25.6 Å². The second kappa shape index (κ2) is 10.8. The minimum Gasteiger partial charge on any atom is -0.351 e. The van der Waals surface area contributed by atoms with Crippen LogP contribution in [-0.4, -0.2) is 35.0 Å². The van der Waals surface area contributed by atoms with Crippen molar-refractivity contribution in [1.29, 1.82) is 0 Å². The van der Waals surface area contributed by atoms with Crippen molar-refractivity contribution in [2.75, 3.05) is 0 Å². The molecule has 0 fully saturated rings. The Labute approximate surface area is 205 Å². The van der Waals surface area contributed by atoms with E-state index in [-0.39, 0.29) is 23.4 Å². The van der Waals surface area contributed by atoms with Gasteiger partial charge in [-0.15, -0.1) is 0 Å². The molecular weight excluding hydrogens is 428 g/mol. The summed E-state index contributed by atoms with van der Waals surface area (Å²) in [6.07, 6.45) is 1.21. The van der Waals surface area contributed by atoms with Crippen molar-refractivity contribution >= 4 is 23.4 Å². The smallest absolute Gasteiger partial charge is 0.226 e. The molecule has 0 saturated heterocycles. The minimum absolute atomic E-state index is 0.0717. The number of amides is 2. The monoisotopic (exact) mass is 472 g/mol. The number of benzene rings is 1. The summed E-state index contributed by atoms with van der Waals surface area (Å²) in [4.78, 5) is 50.6. The second-order valence-corrected chi connectivity index (χ2v) is 12.2. The number of rotatable bonds is 12.